The maximum atomic E-state index is 5.46. The molecule has 0 aromatic carbocycles. The maximum absolute atomic E-state index is 5.46. The van der Waals surface area contributed by atoms with Crippen molar-refractivity contribution in [1.82, 2.24) is 5.32 Å². The molecule has 0 bridgehead atoms. The molecule has 1 atom stereocenters. The van der Waals surface area contributed by atoms with E-state index in [1.165, 1.54) is 28.6 Å². The van der Waals surface area contributed by atoms with Gasteiger partial charge in [0.1, 0.15) is 0 Å². The smallest absolute Gasteiger partial charge is 0.0469 e. The summed E-state index contributed by atoms with van der Waals surface area (Å²) in [5, 5.41) is 5.88. The lowest BCUT2D eigenvalue weighted by Gasteiger charge is -2.30. The lowest BCUT2D eigenvalue weighted by molar-refractivity contribution is 0.0540. The third kappa shape index (κ3) is 3.78. The average Bonchev–Trinajstić information content (AvgIpc) is 2.78. The van der Waals surface area contributed by atoms with E-state index < -0.39 is 0 Å². The Hall–Kier alpha value is 0.1000. The van der Waals surface area contributed by atoms with Crippen LogP contribution in [0.25, 0.3) is 0 Å². The Labute approximate surface area is 116 Å². The van der Waals surface area contributed by atoms with E-state index in [1.54, 1.807) is 0 Å². The molecule has 0 aliphatic carbocycles. The highest BCUT2D eigenvalue weighted by Gasteiger charge is 2.25. The number of halogens is 1. The van der Waals surface area contributed by atoms with Gasteiger partial charge in [0.15, 0.2) is 0 Å². The first-order valence-electron chi connectivity index (χ1n) is 6.36. The monoisotopic (exact) mass is 317 g/mol. The summed E-state index contributed by atoms with van der Waals surface area (Å²) < 4.78 is 6.66. The fraction of sp³-hybridized carbons (Fsp3) is 0.692. The lowest BCUT2D eigenvalue weighted by atomic mass is 9.90. The predicted molar refractivity (Wildman–Crippen MR) is 76.6 cm³/mol. The standard InChI is InChI=1S/C13H20BrNOS/c1-2-5-15-13(10-3-6-16-7-4-10)12-8-11(14)9-17-12/h8-10,13,15H,2-7H2,1H3. The van der Waals surface area contributed by atoms with E-state index >= 15 is 0 Å². The summed E-state index contributed by atoms with van der Waals surface area (Å²) in [7, 11) is 0. The molecule has 1 saturated heterocycles. The third-order valence-corrected chi connectivity index (χ3v) is 5.02. The van der Waals surface area contributed by atoms with Crippen LogP contribution in [-0.4, -0.2) is 19.8 Å². The summed E-state index contributed by atoms with van der Waals surface area (Å²) in [4.78, 5) is 1.46. The van der Waals surface area contributed by atoms with Crippen molar-refractivity contribution in [3.05, 3.63) is 20.8 Å². The summed E-state index contributed by atoms with van der Waals surface area (Å²) >= 11 is 5.40. The molecule has 4 heteroatoms. The van der Waals surface area contributed by atoms with Gasteiger partial charge >= 0.3 is 0 Å². The Balaban J connectivity index is 2.06. The molecule has 1 N–H and O–H groups in total. The van der Waals surface area contributed by atoms with Gasteiger partial charge in [-0.1, -0.05) is 6.92 Å². The highest BCUT2D eigenvalue weighted by molar-refractivity contribution is 9.10. The van der Waals surface area contributed by atoms with Gasteiger partial charge in [-0.2, -0.15) is 0 Å². The van der Waals surface area contributed by atoms with Crippen LogP contribution in [0.15, 0.2) is 15.9 Å². The molecule has 1 aromatic heterocycles. The first kappa shape index (κ1) is 13.5. The summed E-state index contributed by atoms with van der Waals surface area (Å²) in [6.45, 7) is 5.15. The van der Waals surface area contributed by atoms with E-state index in [2.05, 4.69) is 39.6 Å². The van der Waals surface area contributed by atoms with Gasteiger partial charge in [0.2, 0.25) is 0 Å². The van der Waals surface area contributed by atoms with Crippen LogP contribution in [0.4, 0.5) is 0 Å². The molecule has 2 nitrogen and oxygen atoms in total. The largest absolute Gasteiger partial charge is 0.381 e. The summed E-state index contributed by atoms with van der Waals surface area (Å²) in [5.41, 5.74) is 0. The number of rotatable bonds is 5. The van der Waals surface area contributed by atoms with Crippen LogP contribution < -0.4 is 5.32 Å². The number of nitrogens with one attached hydrogen (secondary N) is 1. The van der Waals surface area contributed by atoms with Gasteiger partial charge in [0, 0.05) is 34.0 Å². The highest BCUT2D eigenvalue weighted by atomic mass is 79.9. The van der Waals surface area contributed by atoms with Gasteiger partial charge in [-0.05, 0) is 53.7 Å². The van der Waals surface area contributed by atoms with E-state index in [4.69, 9.17) is 4.74 Å². The Morgan fingerprint density at radius 2 is 2.29 bits per heavy atom. The SMILES string of the molecule is CCCNC(c1cc(Br)cs1)C1CCOCC1. The molecule has 1 aromatic rings. The molecule has 1 unspecified atom stereocenters. The molecule has 96 valence electrons. The Kier molecular flexibility index (Phi) is 5.48. The van der Waals surface area contributed by atoms with Crippen molar-refractivity contribution in [2.75, 3.05) is 19.8 Å². The van der Waals surface area contributed by atoms with Crippen LogP contribution in [0.1, 0.15) is 37.1 Å². The normalized spacial score (nSPS) is 19.4. The molecule has 1 aliphatic heterocycles. The van der Waals surface area contributed by atoms with Gasteiger partial charge in [0.25, 0.3) is 0 Å². The number of thiophene rings is 1. The Bertz CT molecular complexity index is 336. The quantitative estimate of drug-likeness (QED) is 0.887. The molecule has 1 aliphatic rings. The van der Waals surface area contributed by atoms with E-state index in [-0.39, 0.29) is 0 Å². The van der Waals surface area contributed by atoms with Gasteiger partial charge in [-0.25, -0.2) is 0 Å². The van der Waals surface area contributed by atoms with Gasteiger partial charge < -0.3 is 10.1 Å². The van der Waals surface area contributed by atoms with E-state index in [9.17, 15) is 0 Å². The highest BCUT2D eigenvalue weighted by Crippen LogP contribution is 2.34. The minimum atomic E-state index is 0.509. The van der Waals surface area contributed by atoms with Crippen LogP contribution in [-0.2, 0) is 4.74 Å². The lowest BCUT2D eigenvalue weighted by Crippen LogP contribution is -2.32. The summed E-state index contributed by atoms with van der Waals surface area (Å²) in [6, 6.07) is 2.77. The zero-order chi connectivity index (χ0) is 12.1. The first-order chi connectivity index (χ1) is 8.31. The molecule has 17 heavy (non-hydrogen) atoms. The minimum Gasteiger partial charge on any atom is -0.381 e. The van der Waals surface area contributed by atoms with Crippen molar-refractivity contribution in [1.29, 1.82) is 0 Å². The molecule has 2 rings (SSSR count). The first-order valence-corrected chi connectivity index (χ1v) is 8.03. The van der Waals surface area contributed by atoms with Crippen LogP contribution in [0.2, 0.25) is 0 Å². The second-order valence-corrected chi connectivity index (χ2v) is 6.41. The Morgan fingerprint density at radius 1 is 1.53 bits per heavy atom. The fourth-order valence-electron chi connectivity index (χ4n) is 2.34. The van der Waals surface area contributed by atoms with Crippen LogP contribution >= 0.6 is 27.3 Å². The molecular formula is C13H20BrNOS. The molecule has 1 fully saturated rings. The van der Waals surface area contributed by atoms with Gasteiger partial charge in [-0.3, -0.25) is 0 Å². The number of hydrogen-bond acceptors (Lipinski definition) is 3. The molecule has 0 amide bonds. The zero-order valence-electron chi connectivity index (χ0n) is 10.2. The third-order valence-electron chi connectivity index (χ3n) is 3.25. The average molecular weight is 318 g/mol. The van der Waals surface area contributed by atoms with Crippen molar-refractivity contribution in [3.8, 4) is 0 Å². The van der Waals surface area contributed by atoms with E-state index in [1.807, 2.05) is 11.3 Å². The molecule has 2 heterocycles. The molecule has 0 spiro atoms. The Morgan fingerprint density at radius 3 is 2.88 bits per heavy atom. The topological polar surface area (TPSA) is 21.3 Å². The number of hydrogen-bond donors (Lipinski definition) is 1. The van der Waals surface area contributed by atoms with Crippen molar-refractivity contribution < 1.29 is 4.74 Å². The van der Waals surface area contributed by atoms with Crippen molar-refractivity contribution in [3.63, 3.8) is 0 Å². The molecule has 0 radical (unpaired) electrons. The van der Waals surface area contributed by atoms with Crippen LogP contribution in [0, 0.1) is 5.92 Å². The van der Waals surface area contributed by atoms with E-state index in [0.29, 0.717) is 6.04 Å². The van der Waals surface area contributed by atoms with Gasteiger partial charge in [0.05, 0.1) is 0 Å². The maximum Gasteiger partial charge on any atom is 0.0469 e. The second-order valence-electron chi connectivity index (χ2n) is 4.55. The van der Waals surface area contributed by atoms with Crippen LogP contribution in [0.5, 0.6) is 0 Å². The van der Waals surface area contributed by atoms with Gasteiger partial charge in [-0.15, -0.1) is 11.3 Å². The zero-order valence-corrected chi connectivity index (χ0v) is 12.6. The fourth-order valence-corrected chi connectivity index (χ4v) is 3.95. The van der Waals surface area contributed by atoms with Crippen molar-refractivity contribution in [2.45, 2.75) is 32.2 Å². The predicted octanol–water partition coefficient (Wildman–Crippen LogP) is 3.98. The van der Waals surface area contributed by atoms with Crippen LogP contribution in [0.3, 0.4) is 0 Å². The summed E-state index contributed by atoms with van der Waals surface area (Å²) in [5.74, 6) is 0.723. The number of ether oxygens (including phenoxy) is 1. The second kappa shape index (κ2) is 6.88. The van der Waals surface area contributed by atoms with Crippen molar-refractivity contribution in [2.24, 2.45) is 5.92 Å². The summed E-state index contributed by atoms with van der Waals surface area (Å²) in [6.07, 6.45) is 3.54. The molecule has 0 saturated carbocycles. The van der Waals surface area contributed by atoms with E-state index in [0.717, 1.165) is 25.7 Å². The molecular weight excluding hydrogens is 298 g/mol. The van der Waals surface area contributed by atoms with Crippen molar-refractivity contribution >= 4 is 27.3 Å². The minimum absolute atomic E-state index is 0.509.